The average Bonchev–Trinajstić information content (AvgIpc) is 2.68. The van der Waals surface area contributed by atoms with E-state index in [4.69, 9.17) is 5.11 Å². The topological polar surface area (TPSA) is 91.8 Å². The Labute approximate surface area is 115 Å². The molecule has 0 aliphatic carbocycles. The molecule has 1 aliphatic heterocycles. The summed E-state index contributed by atoms with van der Waals surface area (Å²) in [7, 11) is 0. The molecular weight excluding hydrogens is 262 g/mol. The van der Waals surface area contributed by atoms with Crippen molar-refractivity contribution in [2.75, 3.05) is 0 Å². The van der Waals surface area contributed by atoms with E-state index in [1.54, 1.807) is 31.2 Å². The number of nitrogens with zero attached hydrogens (tertiary/aromatic N) is 1. The summed E-state index contributed by atoms with van der Waals surface area (Å²) in [6, 6.07) is 5.97. The summed E-state index contributed by atoms with van der Waals surface area (Å²) >= 11 is 0. The SMILES string of the molecule is CC(CCC(=O)C(=O)O)N1C(=O)c2ccccc2C1=O. The zero-order chi connectivity index (χ0) is 14.9. The highest BCUT2D eigenvalue weighted by Gasteiger charge is 2.38. The first kappa shape index (κ1) is 13.9. The third kappa shape index (κ3) is 2.32. The van der Waals surface area contributed by atoms with E-state index >= 15 is 0 Å². The number of hydrogen-bond donors (Lipinski definition) is 1. The lowest BCUT2D eigenvalue weighted by molar-refractivity contribution is -0.149. The molecule has 1 unspecified atom stereocenters. The molecule has 6 nitrogen and oxygen atoms in total. The van der Waals surface area contributed by atoms with Crippen molar-refractivity contribution in [2.24, 2.45) is 0 Å². The van der Waals surface area contributed by atoms with Gasteiger partial charge in [0.25, 0.3) is 11.8 Å². The quantitative estimate of drug-likeness (QED) is 0.642. The molecule has 1 aliphatic rings. The fourth-order valence-electron chi connectivity index (χ4n) is 2.18. The fourth-order valence-corrected chi connectivity index (χ4v) is 2.18. The minimum atomic E-state index is -1.50. The summed E-state index contributed by atoms with van der Waals surface area (Å²) < 4.78 is 0. The van der Waals surface area contributed by atoms with Crippen LogP contribution in [0.2, 0.25) is 0 Å². The fraction of sp³-hybridized carbons (Fsp3) is 0.286. The Bertz CT molecular complexity index is 572. The number of Topliss-reactive ketones (excluding diaryl/α,β-unsaturated/α-hetero) is 1. The van der Waals surface area contributed by atoms with Crippen LogP contribution in [0.1, 0.15) is 40.5 Å². The number of carbonyl (C=O) groups is 4. The minimum Gasteiger partial charge on any atom is -0.476 e. The molecule has 1 N–H and O–H groups in total. The van der Waals surface area contributed by atoms with Crippen LogP contribution < -0.4 is 0 Å². The predicted octanol–water partition coefficient (Wildman–Crippen LogP) is 1.11. The first-order valence-electron chi connectivity index (χ1n) is 6.16. The number of benzene rings is 1. The zero-order valence-electron chi connectivity index (χ0n) is 10.8. The molecule has 1 aromatic carbocycles. The molecule has 20 heavy (non-hydrogen) atoms. The maximum absolute atomic E-state index is 12.1. The third-order valence-corrected chi connectivity index (χ3v) is 3.29. The van der Waals surface area contributed by atoms with Gasteiger partial charge in [-0.3, -0.25) is 19.3 Å². The second-order valence-electron chi connectivity index (χ2n) is 4.64. The average molecular weight is 275 g/mol. The van der Waals surface area contributed by atoms with Crippen LogP contribution in [0.4, 0.5) is 0 Å². The van der Waals surface area contributed by atoms with Crippen LogP contribution >= 0.6 is 0 Å². The van der Waals surface area contributed by atoms with Crippen molar-refractivity contribution in [2.45, 2.75) is 25.8 Å². The van der Waals surface area contributed by atoms with Gasteiger partial charge in [-0.25, -0.2) is 4.79 Å². The van der Waals surface area contributed by atoms with Gasteiger partial charge in [-0.1, -0.05) is 12.1 Å². The predicted molar refractivity (Wildman–Crippen MR) is 68.3 cm³/mol. The summed E-state index contributed by atoms with van der Waals surface area (Å²) in [5.41, 5.74) is 0.683. The van der Waals surface area contributed by atoms with Crippen LogP contribution in [-0.4, -0.2) is 39.6 Å². The number of rotatable bonds is 5. The summed E-state index contributed by atoms with van der Waals surface area (Å²) in [5, 5.41) is 8.51. The van der Waals surface area contributed by atoms with E-state index in [1.165, 1.54) is 0 Å². The monoisotopic (exact) mass is 275 g/mol. The van der Waals surface area contributed by atoms with E-state index in [1.807, 2.05) is 0 Å². The number of carboxylic acid groups (broad SMARTS) is 1. The Hall–Kier alpha value is -2.50. The first-order valence-corrected chi connectivity index (χ1v) is 6.16. The van der Waals surface area contributed by atoms with E-state index in [0.717, 1.165) is 4.90 Å². The normalized spacial score (nSPS) is 15.2. The van der Waals surface area contributed by atoms with Gasteiger partial charge in [-0.2, -0.15) is 0 Å². The minimum absolute atomic E-state index is 0.136. The highest BCUT2D eigenvalue weighted by Crippen LogP contribution is 2.25. The second kappa shape index (κ2) is 5.24. The number of ketones is 1. The van der Waals surface area contributed by atoms with Crippen LogP contribution in [0.5, 0.6) is 0 Å². The lowest BCUT2D eigenvalue weighted by Crippen LogP contribution is -2.38. The number of carboxylic acids is 1. The van der Waals surface area contributed by atoms with Gasteiger partial charge in [0.05, 0.1) is 11.1 Å². The van der Waals surface area contributed by atoms with Crippen molar-refractivity contribution in [3.8, 4) is 0 Å². The Morgan fingerprint density at radius 2 is 1.65 bits per heavy atom. The Morgan fingerprint density at radius 1 is 1.15 bits per heavy atom. The second-order valence-corrected chi connectivity index (χ2v) is 4.64. The van der Waals surface area contributed by atoms with Crippen molar-refractivity contribution in [1.82, 2.24) is 4.90 Å². The molecular formula is C14H13NO5. The number of carbonyl (C=O) groups excluding carboxylic acids is 3. The molecule has 0 spiro atoms. The van der Waals surface area contributed by atoms with E-state index in [0.29, 0.717) is 11.1 Å². The number of amides is 2. The van der Waals surface area contributed by atoms with Gasteiger partial charge >= 0.3 is 5.97 Å². The van der Waals surface area contributed by atoms with E-state index in [2.05, 4.69) is 0 Å². The molecule has 2 amide bonds. The molecule has 0 saturated heterocycles. The van der Waals surface area contributed by atoms with E-state index in [9.17, 15) is 19.2 Å². The Balaban J connectivity index is 2.11. The maximum atomic E-state index is 12.1. The summed E-state index contributed by atoms with van der Waals surface area (Å²) in [6.07, 6.45) is -0.0689. The molecule has 6 heteroatoms. The highest BCUT2D eigenvalue weighted by molar-refractivity contribution is 6.32. The molecule has 1 atom stereocenters. The molecule has 0 bridgehead atoms. The van der Waals surface area contributed by atoms with Crippen LogP contribution in [0, 0.1) is 0 Å². The standard InChI is InChI=1S/C14H13NO5/c1-8(6-7-11(16)14(19)20)15-12(17)9-4-2-3-5-10(9)13(15)18/h2-5,8H,6-7H2,1H3,(H,19,20). The van der Waals surface area contributed by atoms with Gasteiger partial charge in [0, 0.05) is 12.5 Å². The largest absolute Gasteiger partial charge is 0.476 e. The lowest BCUT2D eigenvalue weighted by Gasteiger charge is -2.21. The molecule has 2 rings (SSSR count). The maximum Gasteiger partial charge on any atom is 0.372 e. The molecule has 0 saturated carbocycles. The molecule has 104 valence electrons. The number of hydrogen-bond acceptors (Lipinski definition) is 4. The van der Waals surface area contributed by atoms with Crippen molar-refractivity contribution in [3.63, 3.8) is 0 Å². The van der Waals surface area contributed by atoms with Gasteiger partial charge in [0.2, 0.25) is 5.78 Å². The van der Waals surface area contributed by atoms with Gasteiger partial charge in [-0.15, -0.1) is 0 Å². The smallest absolute Gasteiger partial charge is 0.372 e. The van der Waals surface area contributed by atoms with Crippen LogP contribution in [0.25, 0.3) is 0 Å². The lowest BCUT2D eigenvalue weighted by atomic mass is 10.1. The summed E-state index contributed by atoms with van der Waals surface area (Å²) in [4.78, 5) is 46.8. The van der Waals surface area contributed by atoms with Crippen molar-refractivity contribution in [1.29, 1.82) is 0 Å². The van der Waals surface area contributed by atoms with Crippen LogP contribution in [0.3, 0.4) is 0 Å². The molecule has 0 radical (unpaired) electrons. The highest BCUT2D eigenvalue weighted by atomic mass is 16.4. The van der Waals surface area contributed by atoms with Crippen molar-refractivity contribution in [3.05, 3.63) is 35.4 Å². The Morgan fingerprint density at radius 3 is 2.10 bits per heavy atom. The van der Waals surface area contributed by atoms with Gasteiger partial charge in [0.1, 0.15) is 0 Å². The van der Waals surface area contributed by atoms with Crippen LogP contribution in [-0.2, 0) is 9.59 Å². The van der Waals surface area contributed by atoms with E-state index in [-0.39, 0.29) is 12.8 Å². The van der Waals surface area contributed by atoms with Crippen molar-refractivity contribution < 1.29 is 24.3 Å². The summed E-state index contributed by atoms with van der Waals surface area (Å²) in [6.45, 7) is 1.62. The molecule has 0 aromatic heterocycles. The number of aliphatic carboxylic acids is 1. The Kier molecular flexibility index (Phi) is 3.65. The molecule has 0 fully saturated rings. The number of fused-ring (bicyclic) bond motifs is 1. The van der Waals surface area contributed by atoms with E-state index < -0.39 is 29.6 Å². The molecule has 1 aromatic rings. The van der Waals surface area contributed by atoms with Gasteiger partial charge < -0.3 is 5.11 Å². The van der Waals surface area contributed by atoms with Gasteiger partial charge in [0.15, 0.2) is 0 Å². The van der Waals surface area contributed by atoms with Crippen LogP contribution in [0.15, 0.2) is 24.3 Å². The third-order valence-electron chi connectivity index (χ3n) is 3.29. The van der Waals surface area contributed by atoms with Gasteiger partial charge in [-0.05, 0) is 25.5 Å². The molecule has 1 heterocycles. The first-order chi connectivity index (χ1) is 9.43. The van der Waals surface area contributed by atoms with Crippen molar-refractivity contribution >= 4 is 23.6 Å². The zero-order valence-corrected chi connectivity index (χ0v) is 10.8. The number of imide groups is 1. The summed E-state index contributed by atoms with van der Waals surface area (Å²) in [5.74, 6) is -3.23.